The number of halogens is 2. The van der Waals surface area contributed by atoms with Crippen molar-refractivity contribution >= 4 is 49.1 Å². The average molecular weight is 409 g/mol. The van der Waals surface area contributed by atoms with Crippen molar-refractivity contribution in [2.45, 2.75) is 19.3 Å². The summed E-state index contributed by atoms with van der Waals surface area (Å²) in [5.41, 5.74) is 5.77. The van der Waals surface area contributed by atoms with Crippen LogP contribution in [0, 0.1) is 5.41 Å². The first kappa shape index (κ1) is 15.1. The van der Waals surface area contributed by atoms with Gasteiger partial charge in [-0.05, 0) is 56.8 Å². The third-order valence-electron chi connectivity index (χ3n) is 3.25. The van der Waals surface area contributed by atoms with Crippen molar-refractivity contribution in [3.05, 3.63) is 21.1 Å². The number of thiocarbonyl (C=S) groups is 1. The highest BCUT2D eigenvalue weighted by atomic mass is 79.9. The van der Waals surface area contributed by atoms with E-state index in [0.29, 0.717) is 11.6 Å². The molecule has 0 spiro atoms. The average Bonchev–Trinajstić information content (AvgIpc) is 3.09. The Balaban J connectivity index is 2.04. The molecule has 1 aliphatic rings. The summed E-state index contributed by atoms with van der Waals surface area (Å²) in [5.74, 6) is 1.56. The Morgan fingerprint density at radius 3 is 2.42 bits per heavy atom. The molecule has 0 atom stereocenters. The fourth-order valence-electron chi connectivity index (χ4n) is 1.93. The minimum atomic E-state index is 0.150. The van der Waals surface area contributed by atoms with Crippen LogP contribution in [0.15, 0.2) is 21.1 Å². The topological polar surface area (TPSA) is 44.5 Å². The summed E-state index contributed by atoms with van der Waals surface area (Å²) >= 11 is 11.9. The van der Waals surface area contributed by atoms with Gasteiger partial charge in [-0.25, -0.2) is 0 Å². The van der Waals surface area contributed by atoms with Crippen LogP contribution in [0.3, 0.4) is 0 Å². The van der Waals surface area contributed by atoms with E-state index in [1.165, 1.54) is 0 Å². The van der Waals surface area contributed by atoms with Gasteiger partial charge in [0.15, 0.2) is 0 Å². The first-order chi connectivity index (χ1) is 8.96. The van der Waals surface area contributed by atoms with E-state index in [1.807, 2.05) is 12.1 Å². The molecule has 1 saturated carbocycles. The van der Waals surface area contributed by atoms with Crippen molar-refractivity contribution in [2.24, 2.45) is 11.1 Å². The molecule has 2 N–H and O–H groups in total. The van der Waals surface area contributed by atoms with Gasteiger partial charge >= 0.3 is 0 Å². The van der Waals surface area contributed by atoms with Gasteiger partial charge in [0.1, 0.15) is 11.5 Å². The van der Waals surface area contributed by atoms with E-state index in [2.05, 4.69) is 31.9 Å². The molecule has 0 aliphatic heterocycles. The van der Waals surface area contributed by atoms with Gasteiger partial charge in [-0.1, -0.05) is 12.2 Å². The van der Waals surface area contributed by atoms with E-state index in [0.717, 1.165) is 39.7 Å². The SMILES string of the molecule is COc1cc(Br)c(OCC2(CC(N)=S)CC2)cc1Br. The van der Waals surface area contributed by atoms with Gasteiger partial charge in [0.05, 0.1) is 27.7 Å². The lowest BCUT2D eigenvalue weighted by molar-refractivity contribution is 0.237. The van der Waals surface area contributed by atoms with Crippen LogP contribution in [-0.4, -0.2) is 18.7 Å². The van der Waals surface area contributed by atoms with E-state index in [1.54, 1.807) is 7.11 Å². The molecule has 0 radical (unpaired) electrons. The Kier molecular flexibility index (Phi) is 4.74. The molecule has 6 heteroatoms. The first-order valence-electron chi connectivity index (χ1n) is 5.90. The van der Waals surface area contributed by atoms with E-state index in [4.69, 9.17) is 27.4 Å². The molecule has 1 aromatic carbocycles. The molecule has 0 amide bonds. The minimum Gasteiger partial charge on any atom is -0.496 e. The molecule has 1 aromatic rings. The number of hydrogen-bond donors (Lipinski definition) is 1. The van der Waals surface area contributed by atoms with Crippen LogP contribution in [0.4, 0.5) is 0 Å². The number of rotatable bonds is 6. The normalized spacial score (nSPS) is 15.9. The number of benzene rings is 1. The van der Waals surface area contributed by atoms with Crippen LogP contribution >= 0.6 is 44.1 Å². The Hall–Kier alpha value is -0.330. The van der Waals surface area contributed by atoms with Crippen LogP contribution in [-0.2, 0) is 0 Å². The zero-order valence-corrected chi connectivity index (χ0v) is 14.5. The van der Waals surface area contributed by atoms with Crippen LogP contribution in [0.1, 0.15) is 19.3 Å². The fraction of sp³-hybridized carbons (Fsp3) is 0.462. The fourth-order valence-corrected chi connectivity index (χ4v) is 3.15. The monoisotopic (exact) mass is 407 g/mol. The van der Waals surface area contributed by atoms with Gasteiger partial charge in [0, 0.05) is 11.8 Å². The van der Waals surface area contributed by atoms with Crippen LogP contribution in [0.5, 0.6) is 11.5 Å². The van der Waals surface area contributed by atoms with E-state index in [9.17, 15) is 0 Å². The second-order valence-electron chi connectivity index (χ2n) is 4.85. The number of hydrogen-bond acceptors (Lipinski definition) is 3. The molecule has 2 rings (SSSR count). The van der Waals surface area contributed by atoms with E-state index >= 15 is 0 Å². The molecule has 3 nitrogen and oxygen atoms in total. The van der Waals surface area contributed by atoms with Gasteiger partial charge in [0.25, 0.3) is 0 Å². The Morgan fingerprint density at radius 2 is 1.89 bits per heavy atom. The molecular weight excluding hydrogens is 394 g/mol. The standard InChI is InChI=1S/C13H15Br2NO2S/c1-17-10-4-9(15)11(5-8(10)14)18-7-13(2-3-13)6-12(16)19/h4-5H,2-3,6-7H2,1H3,(H2,16,19). The maximum Gasteiger partial charge on any atom is 0.134 e. The first-order valence-corrected chi connectivity index (χ1v) is 7.89. The lowest BCUT2D eigenvalue weighted by atomic mass is 10.0. The van der Waals surface area contributed by atoms with Gasteiger partial charge in [0.2, 0.25) is 0 Å². The van der Waals surface area contributed by atoms with Gasteiger partial charge < -0.3 is 15.2 Å². The summed E-state index contributed by atoms with van der Waals surface area (Å²) < 4.78 is 12.9. The van der Waals surface area contributed by atoms with Crippen molar-refractivity contribution < 1.29 is 9.47 Å². The summed E-state index contributed by atoms with van der Waals surface area (Å²) in [7, 11) is 1.63. The molecule has 1 aliphatic carbocycles. The maximum atomic E-state index is 5.90. The molecule has 0 aromatic heterocycles. The van der Waals surface area contributed by atoms with Crippen molar-refractivity contribution in [1.29, 1.82) is 0 Å². The Bertz CT molecular complexity index is 504. The summed E-state index contributed by atoms with van der Waals surface area (Å²) in [6, 6.07) is 3.78. The molecule has 19 heavy (non-hydrogen) atoms. The highest BCUT2D eigenvalue weighted by molar-refractivity contribution is 9.11. The summed E-state index contributed by atoms with van der Waals surface area (Å²) in [5, 5.41) is 0. The molecular formula is C13H15Br2NO2S. The van der Waals surface area contributed by atoms with Gasteiger partial charge in [-0.3, -0.25) is 0 Å². The van der Waals surface area contributed by atoms with E-state index < -0.39 is 0 Å². The van der Waals surface area contributed by atoms with Crippen LogP contribution < -0.4 is 15.2 Å². The van der Waals surface area contributed by atoms with Crippen molar-refractivity contribution in [3.63, 3.8) is 0 Å². The molecule has 0 bridgehead atoms. The van der Waals surface area contributed by atoms with E-state index in [-0.39, 0.29) is 5.41 Å². The number of nitrogens with two attached hydrogens (primary N) is 1. The van der Waals surface area contributed by atoms with Crippen molar-refractivity contribution in [3.8, 4) is 11.5 Å². The molecule has 104 valence electrons. The molecule has 1 fully saturated rings. The Labute approximate surface area is 135 Å². The predicted octanol–water partition coefficient (Wildman–Crippen LogP) is 4.06. The van der Waals surface area contributed by atoms with Crippen molar-refractivity contribution in [1.82, 2.24) is 0 Å². The number of methoxy groups -OCH3 is 1. The number of ether oxygens (including phenoxy) is 2. The second kappa shape index (κ2) is 5.97. The second-order valence-corrected chi connectivity index (χ2v) is 7.08. The van der Waals surface area contributed by atoms with Crippen molar-refractivity contribution in [2.75, 3.05) is 13.7 Å². The van der Waals surface area contributed by atoms with Crippen LogP contribution in [0.2, 0.25) is 0 Å². The molecule has 0 heterocycles. The maximum absolute atomic E-state index is 5.90. The summed E-state index contributed by atoms with van der Waals surface area (Å²) in [6.07, 6.45) is 3.01. The highest BCUT2D eigenvalue weighted by Gasteiger charge is 2.44. The third-order valence-corrected chi connectivity index (χ3v) is 4.63. The molecule has 0 saturated heterocycles. The lowest BCUT2D eigenvalue weighted by Gasteiger charge is -2.17. The van der Waals surface area contributed by atoms with Gasteiger partial charge in [-0.15, -0.1) is 0 Å². The smallest absolute Gasteiger partial charge is 0.134 e. The summed E-state index contributed by atoms with van der Waals surface area (Å²) in [4.78, 5) is 0.566. The quantitative estimate of drug-likeness (QED) is 0.721. The molecule has 0 unspecified atom stereocenters. The van der Waals surface area contributed by atoms with Gasteiger partial charge in [-0.2, -0.15) is 0 Å². The minimum absolute atomic E-state index is 0.150. The zero-order valence-electron chi connectivity index (χ0n) is 10.5. The predicted molar refractivity (Wildman–Crippen MR) is 87.0 cm³/mol. The third kappa shape index (κ3) is 3.83. The highest BCUT2D eigenvalue weighted by Crippen LogP contribution is 2.49. The Morgan fingerprint density at radius 1 is 1.32 bits per heavy atom. The largest absolute Gasteiger partial charge is 0.496 e. The zero-order chi connectivity index (χ0) is 14.0. The van der Waals surface area contributed by atoms with Crippen LogP contribution in [0.25, 0.3) is 0 Å². The summed E-state index contributed by atoms with van der Waals surface area (Å²) in [6.45, 7) is 0.641. The lowest BCUT2D eigenvalue weighted by Crippen LogP contribution is -2.21.